The van der Waals surface area contributed by atoms with E-state index in [2.05, 4.69) is 32.6 Å². The highest BCUT2D eigenvalue weighted by Gasteiger charge is 2.43. The maximum Gasteiger partial charge on any atom is 0.237 e. The number of hydrogen-bond donors (Lipinski definition) is 2. The Hall–Kier alpha value is -0.610. The van der Waals surface area contributed by atoms with Crippen molar-refractivity contribution in [2.24, 2.45) is 17.4 Å². The van der Waals surface area contributed by atoms with E-state index >= 15 is 0 Å². The molecule has 1 aliphatic carbocycles. The Morgan fingerprint density at radius 1 is 1.41 bits per heavy atom. The summed E-state index contributed by atoms with van der Waals surface area (Å²) < 4.78 is 0. The first kappa shape index (κ1) is 14.5. The van der Waals surface area contributed by atoms with Crippen molar-refractivity contribution in [1.82, 2.24) is 4.90 Å². The van der Waals surface area contributed by atoms with E-state index in [9.17, 15) is 4.79 Å². The van der Waals surface area contributed by atoms with Crippen LogP contribution in [-0.4, -0.2) is 35.0 Å². The van der Waals surface area contributed by atoms with Crippen LogP contribution in [0.25, 0.3) is 0 Å². The number of nitrogens with zero attached hydrogens (tertiary/aromatic N) is 1. The van der Waals surface area contributed by atoms with Crippen molar-refractivity contribution in [3.8, 4) is 0 Å². The molecule has 17 heavy (non-hydrogen) atoms. The minimum absolute atomic E-state index is 0.353. The van der Waals surface area contributed by atoms with E-state index in [1.54, 1.807) is 0 Å². The molecule has 1 saturated carbocycles. The van der Waals surface area contributed by atoms with Gasteiger partial charge < -0.3 is 11.5 Å². The average molecular weight is 241 g/mol. The van der Waals surface area contributed by atoms with Crippen LogP contribution in [0.4, 0.5) is 0 Å². The maximum atomic E-state index is 11.4. The van der Waals surface area contributed by atoms with Crippen molar-refractivity contribution in [2.45, 2.75) is 64.6 Å². The molecule has 1 fully saturated rings. The normalized spacial score (nSPS) is 29.5. The van der Waals surface area contributed by atoms with Gasteiger partial charge in [0.15, 0.2) is 0 Å². The van der Waals surface area contributed by atoms with Gasteiger partial charge in [-0.05, 0) is 39.0 Å². The number of carbonyl (C=O) groups excluding carboxylic acids is 1. The molecule has 0 aromatic heterocycles. The van der Waals surface area contributed by atoms with Gasteiger partial charge in [0.25, 0.3) is 0 Å². The van der Waals surface area contributed by atoms with E-state index < -0.39 is 5.54 Å². The molecule has 100 valence electrons. The molecular weight excluding hydrogens is 214 g/mol. The Kier molecular flexibility index (Phi) is 4.55. The number of amides is 1. The third-order valence-corrected chi connectivity index (χ3v) is 3.72. The predicted molar refractivity (Wildman–Crippen MR) is 70.4 cm³/mol. The summed E-state index contributed by atoms with van der Waals surface area (Å²) in [7, 11) is 0. The highest BCUT2D eigenvalue weighted by Crippen LogP contribution is 2.32. The van der Waals surface area contributed by atoms with Crippen molar-refractivity contribution >= 4 is 5.91 Å². The Balaban J connectivity index is 2.69. The number of primary amides is 1. The fourth-order valence-electron chi connectivity index (χ4n) is 2.76. The number of hydrogen-bond acceptors (Lipinski definition) is 3. The molecule has 1 amide bonds. The Labute approximate surface area is 105 Å². The zero-order valence-corrected chi connectivity index (χ0v) is 11.6. The lowest BCUT2D eigenvalue weighted by Gasteiger charge is -2.34. The van der Waals surface area contributed by atoms with Crippen molar-refractivity contribution in [3.63, 3.8) is 0 Å². The average Bonchev–Trinajstić information content (AvgIpc) is 2.58. The number of nitrogens with two attached hydrogens (primary N) is 2. The van der Waals surface area contributed by atoms with Crippen LogP contribution in [-0.2, 0) is 4.79 Å². The summed E-state index contributed by atoms with van der Waals surface area (Å²) in [5, 5.41) is 0. The van der Waals surface area contributed by atoms with E-state index in [1.807, 2.05) is 0 Å². The highest BCUT2D eigenvalue weighted by molar-refractivity contribution is 5.84. The second-order valence-electron chi connectivity index (χ2n) is 6.10. The van der Waals surface area contributed by atoms with Crippen LogP contribution in [0.5, 0.6) is 0 Å². The Morgan fingerprint density at radius 3 is 2.35 bits per heavy atom. The van der Waals surface area contributed by atoms with E-state index in [1.165, 1.54) is 0 Å². The standard InChI is InChI=1S/C13H27N3O/c1-9(2)8-16(10(3)4)11-5-6-13(15,7-11)12(14)17/h9-11H,5-8,15H2,1-4H3,(H2,14,17). The monoisotopic (exact) mass is 241 g/mol. The molecule has 0 aliphatic heterocycles. The highest BCUT2D eigenvalue weighted by atomic mass is 16.1. The molecule has 0 radical (unpaired) electrons. The largest absolute Gasteiger partial charge is 0.368 e. The van der Waals surface area contributed by atoms with E-state index in [-0.39, 0.29) is 5.91 Å². The van der Waals surface area contributed by atoms with Crippen LogP contribution in [0.1, 0.15) is 47.0 Å². The first-order valence-corrected chi connectivity index (χ1v) is 6.61. The molecule has 2 atom stereocenters. The summed E-state index contributed by atoms with van der Waals surface area (Å²) in [4.78, 5) is 13.8. The smallest absolute Gasteiger partial charge is 0.237 e. The van der Waals surface area contributed by atoms with Gasteiger partial charge in [-0.1, -0.05) is 13.8 Å². The van der Waals surface area contributed by atoms with Crippen molar-refractivity contribution in [3.05, 3.63) is 0 Å². The fraction of sp³-hybridized carbons (Fsp3) is 0.923. The van der Waals surface area contributed by atoms with Gasteiger partial charge in [-0.3, -0.25) is 9.69 Å². The molecule has 0 spiro atoms. The third kappa shape index (κ3) is 3.42. The second-order valence-corrected chi connectivity index (χ2v) is 6.10. The fourth-order valence-corrected chi connectivity index (χ4v) is 2.76. The second kappa shape index (κ2) is 5.36. The molecule has 1 rings (SSSR count). The summed E-state index contributed by atoms with van der Waals surface area (Å²) >= 11 is 0. The first-order chi connectivity index (χ1) is 7.76. The molecule has 4 N–H and O–H groups in total. The van der Waals surface area contributed by atoms with E-state index in [0.717, 1.165) is 13.0 Å². The molecule has 4 nitrogen and oxygen atoms in total. The predicted octanol–water partition coefficient (Wildman–Crippen LogP) is 1.09. The van der Waals surface area contributed by atoms with Crippen LogP contribution in [0.15, 0.2) is 0 Å². The van der Waals surface area contributed by atoms with Crippen molar-refractivity contribution in [2.75, 3.05) is 6.54 Å². The van der Waals surface area contributed by atoms with Crippen LogP contribution >= 0.6 is 0 Å². The van der Waals surface area contributed by atoms with Gasteiger partial charge in [0.1, 0.15) is 0 Å². The number of rotatable bonds is 5. The zero-order valence-electron chi connectivity index (χ0n) is 11.6. The van der Waals surface area contributed by atoms with E-state index in [0.29, 0.717) is 30.8 Å². The lowest BCUT2D eigenvalue weighted by atomic mass is 9.97. The molecule has 2 unspecified atom stereocenters. The van der Waals surface area contributed by atoms with Crippen LogP contribution in [0.3, 0.4) is 0 Å². The summed E-state index contributed by atoms with van der Waals surface area (Å²) in [6.07, 6.45) is 2.39. The van der Waals surface area contributed by atoms with Crippen LogP contribution in [0.2, 0.25) is 0 Å². The summed E-state index contributed by atoms with van der Waals surface area (Å²) in [6, 6.07) is 0.882. The Morgan fingerprint density at radius 2 is 2.00 bits per heavy atom. The molecule has 4 heteroatoms. The molecule has 0 saturated heterocycles. The van der Waals surface area contributed by atoms with Gasteiger partial charge in [-0.25, -0.2) is 0 Å². The van der Waals surface area contributed by atoms with Gasteiger partial charge in [0, 0.05) is 18.6 Å². The lowest BCUT2D eigenvalue weighted by Crippen LogP contribution is -2.51. The minimum Gasteiger partial charge on any atom is -0.368 e. The van der Waals surface area contributed by atoms with Crippen LogP contribution in [0, 0.1) is 5.92 Å². The molecule has 0 bridgehead atoms. The zero-order chi connectivity index (χ0) is 13.2. The van der Waals surface area contributed by atoms with E-state index in [4.69, 9.17) is 11.5 Å². The third-order valence-electron chi connectivity index (χ3n) is 3.72. The van der Waals surface area contributed by atoms with Crippen LogP contribution < -0.4 is 11.5 Å². The lowest BCUT2D eigenvalue weighted by molar-refractivity contribution is -0.123. The van der Waals surface area contributed by atoms with Crippen molar-refractivity contribution in [1.29, 1.82) is 0 Å². The van der Waals surface area contributed by atoms with Gasteiger partial charge in [0.2, 0.25) is 5.91 Å². The summed E-state index contributed by atoms with van der Waals surface area (Å²) in [5.41, 5.74) is 10.7. The summed E-state index contributed by atoms with van der Waals surface area (Å²) in [5.74, 6) is 0.270. The topological polar surface area (TPSA) is 72.3 Å². The molecule has 0 aromatic carbocycles. The first-order valence-electron chi connectivity index (χ1n) is 6.61. The van der Waals surface area contributed by atoms with Gasteiger partial charge in [-0.2, -0.15) is 0 Å². The van der Waals surface area contributed by atoms with Gasteiger partial charge >= 0.3 is 0 Å². The maximum absolute atomic E-state index is 11.4. The SMILES string of the molecule is CC(C)CN(C(C)C)C1CCC(N)(C(N)=O)C1. The molecular formula is C13H27N3O. The molecule has 1 aliphatic rings. The molecule has 0 aromatic rings. The quantitative estimate of drug-likeness (QED) is 0.756. The van der Waals surface area contributed by atoms with Crippen molar-refractivity contribution < 1.29 is 4.79 Å². The van der Waals surface area contributed by atoms with Gasteiger partial charge in [-0.15, -0.1) is 0 Å². The minimum atomic E-state index is -0.783. The Bertz CT molecular complexity index is 278. The molecule has 0 heterocycles. The summed E-state index contributed by atoms with van der Waals surface area (Å²) in [6.45, 7) is 9.88. The van der Waals surface area contributed by atoms with Gasteiger partial charge in [0.05, 0.1) is 5.54 Å². The number of carbonyl (C=O) groups is 1.